The van der Waals surface area contributed by atoms with E-state index in [1.807, 2.05) is 0 Å². The number of sulfonamides is 1. The third kappa shape index (κ3) is 4.50. The minimum atomic E-state index is -4.72. The molecule has 2 heterocycles. The van der Waals surface area contributed by atoms with Crippen LogP contribution in [0.4, 0.5) is 13.2 Å². The van der Waals surface area contributed by atoms with Crippen molar-refractivity contribution in [3.8, 4) is 0 Å². The summed E-state index contributed by atoms with van der Waals surface area (Å²) in [6.07, 6.45) is -3.86. The van der Waals surface area contributed by atoms with Crippen LogP contribution in [0.15, 0.2) is 41.4 Å². The number of amides is 1. The number of nitrogens with zero attached hydrogens (tertiary/aromatic N) is 3. The molecule has 2 aromatic rings. The van der Waals surface area contributed by atoms with Gasteiger partial charge >= 0.3 is 6.18 Å². The first-order valence-corrected chi connectivity index (χ1v) is 10.5. The number of rotatable bonds is 3. The lowest BCUT2D eigenvalue weighted by Crippen LogP contribution is -2.50. The smallest absolute Gasteiger partial charge is 0.335 e. The maximum absolute atomic E-state index is 13.0. The Balaban J connectivity index is 1.74. The highest BCUT2D eigenvalue weighted by atomic mass is 35.5. The normalized spacial score (nSPS) is 16.1. The second-order valence-electron chi connectivity index (χ2n) is 6.17. The first-order chi connectivity index (χ1) is 13.5. The van der Waals surface area contributed by atoms with Crippen LogP contribution >= 0.6 is 23.2 Å². The molecule has 1 fully saturated rings. The van der Waals surface area contributed by atoms with Crippen molar-refractivity contribution in [3.05, 3.63) is 57.8 Å². The highest BCUT2D eigenvalue weighted by molar-refractivity contribution is 7.89. The van der Waals surface area contributed by atoms with Gasteiger partial charge in [0.1, 0.15) is 5.69 Å². The largest absolute Gasteiger partial charge is 0.417 e. The molecule has 12 heteroatoms. The Morgan fingerprint density at radius 1 is 1.00 bits per heavy atom. The first kappa shape index (κ1) is 21.8. The Morgan fingerprint density at radius 3 is 2.14 bits per heavy atom. The molecular formula is C17H14Cl2F3N3O3S. The minimum absolute atomic E-state index is 0.0140. The van der Waals surface area contributed by atoms with Crippen molar-refractivity contribution in [2.45, 2.75) is 11.1 Å². The van der Waals surface area contributed by atoms with Crippen LogP contribution in [0.5, 0.6) is 0 Å². The van der Waals surface area contributed by atoms with Gasteiger partial charge in [-0.1, -0.05) is 23.2 Å². The highest BCUT2D eigenvalue weighted by Gasteiger charge is 2.37. The lowest BCUT2D eigenvalue weighted by atomic mass is 10.2. The van der Waals surface area contributed by atoms with E-state index >= 15 is 0 Å². The van der Waals surface area contributed by atoms with E-state index in [2.05, 4.69) is 4.98 Å². The second-order valence-corrected chi connectivity index (χ2v) is 8.92. The summed E-state index contributed by atoms with van der Waals surface area (Å²) in [5, 5.41) is -0.383. The predicted molar refractivity (Wildman–Crippen MR) is 100 cm³/mol. The zero-order chi connectivity index (χ0) is 21.4. The fraction of sp³-hybridized carbons (Fsp3) is 0.294. The summed E-state index contributed by atoms with van der Waals surface area (Å²) < 4.78 is 65.5. The molecular weight excluding hydrogens is 454 g/mol. The SMILES string of the molecule is O=C(c1nccc(C(F)(F)F)c1Cl)N1CCN(S(=O)(=O)c2ccc(Cl)cc2)CC1. The number of piperazine rings is 1. The average Bonchev–Trinajstić information content (AvgIpc) is 2.67. The highest BCUT2D eigenvalue weighted by Crippen LogP contribution is 2.35. The maximum atomic E-state index is 13.0. The molecule has 0 N–H and O–H groups in total. The summed E-state index contributed by atoms with van der Waals surface area (Å²) >= 11 is 11.5. The van der Waals surface area contributed by atoms with Gasteiger partial charge in [-0.3, -0.25) is 4.79 Å². The van der Waals surface area contributed by atoms with E-state index < -0.39 is 38.4 Å². The molecule has 29 heavy (non-hydrogen) atoms. The van der Waals surface area contributed by atoms with Gasteiger partial charge in [0.05, 0.1) is 15.5 Å². The van der Waals surface area contributed by atoms with Crippen molar-refractivity contribution in [2.75, 3.05) is 26.2 Å². The molecule has 0 aliphatic carbocycles. The molecule has 0 atom stereocenters. The minimum Gasteiger partial charge on any atom is -0.335 e. The Kier molecular flexibility index (Phi) is 6.09. The van der Waals surface area contributed by atoms with Gasteiger partial charge in [0.2, 0.25) is 10.0 Å². The molecule has 1 aromatic carbocycles. The van der Waals surface area contributed by atoms with E-state index in [0.717, 1.165) is 6.20 Å². The zero-order valence-corrected chi connectivity index (χ0v) is 17.0. The number of carbonyl (C=O) groups excluding carboxylic acids is 1. The number of hydrogen-bond donors (Lipinski definition) is 0. The van der Waals surface area contributed by atoms with Crippen LogP contribution in [-0.4, -0.2) is 54.7 Å². The molecule has 6 nitrogen and oxygen atoms in total. The summed E-state index contributed by atoms with van der Waals surface area (Å²) in [4.78, 5) is 17.6. The molecule has 3 rings (SSSR count). The van der Waals surface area contributed by atoms with Gasteiger partial charge < -0.3 is 4.90 Å². The number of aromatic nitrogens is 1. The molecule has 0 radical (unpaired) electrons. The van der Waals surface area contributed by atoms with E-state index in [9.17, 15) is 26.4 Å². The molecule has 1 aromatic heterocycles. The van der Waals surface area contributed by atoms with Crippen LogP contribution < -0.4 is 0 Å². The fourth-order valence-electron chi connectivity index (χ4n) is 2.85. The molecule has 1 amide bonds. The third-order valence-corrected chi connectivity index (χ3v) is 6.92. The van der Waals surface area contributed by atoms with Crippen molar-refractivity contribution in [2.24, 2.45) is 0 Å². The lowest BCUT2D eigenvalue weighted by molar-refractivity contribution is -0.137. The molecule has 156 valence electrons. The van der Waals surface area contributed by atoms with Gasteiger partial charge in [-0.2, -0.15) is 17.5 Å². The molecule has 0 spiro atoms. The lowest BCUT2D eigenvalue weighted by Gasteiger charge is -2.34. The number of carbonyl (C=O) groups is 1. The Bertz CT molecular complexity index is 1020. The van der Waals surface area contributed by atoms with Crippen molar-refractivity contribution >= 4 is 39.1 Å². The number of pyridine rings is 1. The Hall–Kier alpha value is -1.88. The van der Waals surface area contributed by atoms with Gasteiger partial charge in [-0.05, 0) is 30.3 Å². The molecule has 0 unspecified atom stereocenters. The summed E-state index contributed by atoms with van der Waals surface area (Å²) in [6, 6.07) is 6.35. The summed E-state index contributed by atoms with van der Waals surface area (Å²) in [5.41, 5.74) is -1.67. The van der Waals surface area contributed by atoms with E-state index in [0.29, 0.717) is 11.1 Å². The molecule has 1 saturated heterocycles. The number of hydrogen-bond acceptors (Lipinski definition) is 4. The number of alkyl halides is 3. The molecule has 0 bridgehead atoms. The van der Waals surface area contributed by atoms with E-state index in [1.54, 1.807) is 0 Å². The van der Waals surface area contributed by atoms with Crippen molar-refractivity contribution < 1.29 is 26.4 Å². The van der Waals surface area contributed by atoms with Crippen LogP contribution in [0.3, 0.4) is 0 Å². The topological polar surface area (TPSA) is 70.6 Å². The van der Waals surface area contributed by atoms with Crippen LogP contribution in [0.1, 0.15) is 16.1 Å². The van der Waals surface area contributed by atoms with E-state index in [-0.39, 0.29) is 31.1 Å². The Morgan fingerprint density at radius 2 is 1.59 bits per heavy atom. The maximum Gasteiger partial charge on any atom is 0.417 e. The predicted octanol–water partition coefficient (Wildman–Crippen LogP) is 3.55. The van der Waals surface area contributed by atoms with Crippen LogP contribution in [0.25, 0.3) is 0 Å². The standard InChI is InChI=1S/C17H14Cl2F3N3O3S/c18-11-1-3-12(4-2-11)29(27,28)25-9-7-24(8-10-25)16(26)15-14(19)13(5-6-23-15)17(20,21)22/h1-6H,7-10H2. The van der Waals surface area contributed by atoms with Crippen LogP contribution in [-0.2, 0) is 16.2 Å². The van der Waals surface area contributed by atoms with Crippen LogP contribution in [0, 0.1) is 0 Å². The van der Waals surface area contributed by atoms with Gasteiger partial charge in [-0.25, -0.2) is 13.4 Å². The van der Waals surface area contributed by atoms with E-state index in [4.69, 9.17) is 23.2 Å². The molecule has 0 saturated carbocycles. The molecule has 1 aliphatic rings. The summed E-state index contributed by atoms with van der Waals surface area (Å²) in [5.74, 6) is -0.787. The summed E-state index contributed by atoms with van der Waals surface area (Å²) in [6.45, 7) is -0.0691. The van der Waals surface area contributed by atoms with Crippen LogP contribution in [0.2, 0.25) is 10.0 Å². The summed E-state index contributed by atoms with van der Waals surface area (Å²) in [7, 11) is -3.78. The van der Waals surface area contributed by atoms with Crippen molar-refractivity contribution in [1.82, 2.24) is 14.2 Å². The fourth-order valence-corrected chi connectivity index (χ4v) is 4.70. The zero-order valence-electron chi connectivity index (χ0n) is 14.7. The second kappa shape index (κ2) is 8.10. The number of benzene rings is 1. The van der Waals surface area contributed by atoms with Gasteiger partial charge in [-0.15, -0.1) is 0 Å². The average molecular weight is 468 g/mol. The van der Waals surface area contributed by atoms with Gasteiger partial charge in [0, 0.05) is 37.4 Å². The first-order valence-electron chi connectivity index (χ1n) is 8.28. The Labute approximate surface area is 174 Å². The van der Waals surface area contributed by atoms with Gasteiger partial charge in [0.15, 0.2) is 0 Å². The van der Waals surface area contributed by atoms with Crippen molar-refractivity contribution in [3.63, 3.8) is 0 Å². The van der Waals surface area contributed by atoms with E-state index in [1.165, 1.54) is 33.5 Å². The van der Waals surface area contributed by atoms with Gasteiger partial charge in [0.25, 0.3) is 5.91 Å². The quantitative estimate of drug-likeness (QED) is 0.691. The number of halogens is 5. The van der Waals surface area contributed by atoms with Crippen molar-refractivity contribution in [1.29, 1.82) is 0 Å². The molecule has 1 aliphatic heterocycles. The third-order valence-electron chi connectivity index (χ3n) is 4.37. The monoisotopic (exact) mass is 467 g/mol.